The Morgan fingerprint density at radius 3 is 2.56 bits per heavy atom. The van der Waals surface area contributed by atoms with E-state index in [1.807, 2.05) is 0 Å². The number of methoxy groups -OCH3 is 1. The Morgan fingerprint density at radius 2 is 1.97 bits per heavy atom. The molecule has 2 saturated heterocycles. The second-order valence-corrected chi connectivity index (χ2v) is 11.4. The number of carbonyl (C=O) groups excluding carboxylic acids is 1. The lowest BCUT2D eigenvalue weighted by atomic mass is 9.86. The summed E-state index contributed by atoms with van der Waals surface area (Å²) in [6.45, 7) is 3.06. The van der Waals surface area contributed by atoms with Gasteiger partial charge in [-0.05, 0) is 26.0 Å². The number of aliphatic hydroxyl groups excluding tert-OH is 1. The summed E-state index contributed by atoms with van der Waals surface area (Å²) in [5.74, 6) is -0.328. The summed E-state index contributed by atoms with van der Waals surface area (Å²) in [6, 6.07) is 9.50. The number of para-hydroxylation sites is 1. The smallest absolute Gasteiger partial charge is 0.380 e. The van der Waals surface area contributed by atoms with E-state index < -0.39 is 54.3 Å². The summed E-state index contributed by atoms with van der Waals surface area (Å²) < 4.78 is 42.9. The summed E-state index contributed by atoms with van der Waals surface area (Å²) in [5.41, 5.74) is -3.76. The van der Waals surface area contributed by atoms with E-state index in [1.54, 1.807) is 44.2 Å². The molecule has 0 amide bonds. The molecule has 1 aromatic carbocycles. The van der Waals surface area contributed by atoms with Gasteiger partial charge in [0.05, 0.1) is 31.9 Å². The number of aromatic amines is 1. The van der Waals surface area contributed by atoms with Gasteiger partial charge in [0, 0.05) is 18.7 Å². The van der Waals surface area contributed by atoms with Crippen molar-refractivity contribution in [2.45, 2.75) is 44.3 Å². The second-order valence-electron chi connectivity index (χ2n) is 9.39. The number of nitrogens with zero attached hydrogens (tertiary/aromatic N) is 1. The van der Waals surface area contributed by atoms with E-state index in [2.05, 4.69) is 4.98 Å². The highest BCUT2D eigenvalue weighted by Gasteiger charge is 2.62. The first kappa shape index (κ1) is 26.3. The minimum absolute atomic E-state index is 0.269. The maximum absolute atomic E-state index is 13.9. The Kier molecular flexibility index (Phi) is 7.27. The molecule has 3 heterocycles. The average molecular weight is 524 g/mol. The molecule has 2 aromatic rings. The van der Waals surface area contributed by atoms with Crippen LogP contribution in [0.25, 0.3) is 0 Å². The average Bonchev–Trinajstić information content (AvgIpc) is 3.09. The van der Waals surface area contributed by atoms with Crippen LogP contribution in [0.15, 0.2) is 52.2 Å². The molecule has 2 fully saturated rings. The van der Waals surface area contributed by atoms with E-state index in [0.29, 0.717) is 13.0 Å². The SMILES string of the molecule is COC(=O)C(C)(C)CP(=O)(OC[C@H]1O[C@@H](n2ccc(=O)[nH]c2=O)[C@@]2(CCO2)[C@@H]1O)Oc1ccccc1. The third-order valence-corrected chi connectivity index (χ3v) is 8.50. The zero-order chi connectivity index (χ0) is 26.1. The van der Waals surface area contributed by atoms with Crippen LogP contribution in [-0.4, -0.2) is 64.9 Å². The van der Waals surface area contributed by atoms with Crippen molar-refractivity contribution < 1.29 is 37.7 Å². The second kappa shape index (κ2) is 9.95. The van der Waals surface area contributed by atoms with Crippen LogP contribution in [0, 0.1) is 5.41 Å². The van der Waals surface area contributed by atoms with Gasteiger partial charge in [-0.1, -0.05) is 18.2 Å². The van der Waals surface area contributed by atoms with Crippen LogP contribution in [0.5, 0.6) is 5.75 Å². The first-order valence-electron chi connectivity index (χ1n) is 11.4. The third-order valence-electron chi connectivity index (χ3n) is 6.29. The topological polar surface area (TPSA) is 155 Å². The van der Waals surface area contributed by atoms with E-state index in [-0.39, 0.29) is 18.5 Å². The number of esters is 1. The van der Waals surface area contributed by atoms with Gasteiger partial charge in [-0.15, -0.1) is 0 Å². The summed E-state index contributed by atoms with van der Waals surface area (Å²) in [7, 11) is -2.77. The Bertz CT molecular complexity index is 1250. The first-order chi connectivity index (χ1) is 17.0. The fourth-order valence-corrected chi connectivity index (χ4v) is 6.51. The normalized spacial score (nSPS) is 27.3. The van der Waals surface area contributed by atoms with Crippen LogP contribution in [-0.2, 0) is 28.1 Å². The van der Waals surface area contributed by atoms with E-state index in [1.165, 1.54) is 13.3 Å². The standard InChI is InChI=1S/C23H29N2O10P/c1-22(2,20(28)31-3)14-36(30,35-15-7-5-4-6-8-15)33-13-16-18(27)23(10-12-32-23)19(34-16)25-11-9-17(26)24-21(25)29/h4-9,11,16,18-19,27H,10,12-14H2,1-3H3,(H,24,26,29)/t16-,18-,19-,23-,36?/m1/s1. The molecule has 0 bridgehead atoms. The molecule has 4 rings (SSSR count). The maximum atomic E-state index is 13.9. The van der Waals surface area contributed by atoms with Gasteiger partial charge < -0.3 is 23.8 Å². The summed E-state index contributed by atoms with van der Waals surface area (Å²) >= 11 is 0. The largest absolute Gasteiger partial charge is 0.469 e. The van der Waals surface area contributed by atoms with E-state index in [9.17, 15) is 24.1 Å². The molecule has 0 aliphatic carbocycles. The predicted octanol–water partition coefficient (Wildman–Crippen LogP) is 1.44. The number of hydrogen-bond donors (Lipinski definition) is 2. The highest BCUT2D eigenvalue weighted by atomic mass is 31.2. The third kappa shape index (κ3) is 5.05. The van der Waals surface area contributed by atoms with Crippen LogP contribution in [0.3, 0.4) is 0 Å². The van der Waals surface area contributed by atoms with Crippen LogP contribution >= 0.6 is 7.60 Å². The minimum atomic E-state index is -4.00. The minimum Gasteiger partial charge on any atom is -0.469 e. The number of hydrogen-bond acceptors (Lipinski definition) is 10. The van der Waals surface area contributed by atoms with Gasteiger partial charge >= 0.3 is 19.3 Å². The van der Waals surface area contributed by atoms with Crippen molar-refractivity contribution >= 4 is 13.6 Å². The van der Waals surface area contributed by atoms with Crippen molar-refractivity contribution in [1.29, 1.82) is 0 Å². The number of rotatable bonds is 9. The molecule has 1 spiro atoms. The van der Waals surface area contributed by atoms with Crippen LogP contribution < -0.4 is 15.8 Å². The number of aromatic nitrogens is 2. The van der Waals surface area contributed by atoms with Gasteiger partial charge in [0.15, 0.2) is 6.23 Å². The molecule has 13 heteroatoms. The number of aliphatic hydroxyl groups is 1. The van der Waals surface area contributed by atoms with Crippen molar-refractivity contribution in [1.82, 2.24) is 9.55 Å². The molecule has 12 nitrogen and oxygen atoms in total. The van der Waals surface area contributed by atoms with Gasteiger partial charge in [-0.3, -0.25) is 23.7 Å². The zero-order valence-electron chi connectivity index (χ0n) is 20.1. The van der Waals surface area contributed by atoms with E-state index >= 15 is 0 Å². The molecular formula is C23H29N2O10P. The quantitative estimate of drug-likeness (QED) is 0.364. The molecule has 1 unspecified atom stereocenters. The van der Waals surface area contributed by atoms with Crippen LogP contribution in [0.4, 0.5) is 0 Å². The van der Waals surface area contributed by atoms with Gasteiger partial charge in [-0.2, -0.15) is 0 Å². The van der Waals surface area contributed by atoms with Crippen molar-refractivity contribution in [3.05, 3.63) is 63.4 Å². The molecule has 196 valence electrons. The maximum Gasteiger partial charge on any atom is 0.380 e. The highest BCUT2D eigenvalue weighted by molar-refractivity contribution is 7.54. The lowest BCUT2D eigenvalue weighted by Gasteiger charge is -2.44. The summed E-state index contributed by atoms with van der Waals surface area (Å²) in [4.78, 5) is 38.3. The number of nitrogens with one attached hydrogen (secondary N) is 1. The zero-order valence-corrected chi connectivity index (χ0v) is 21.0. The van der Waals surface area contributed by atoms with Crippen molar-refractivity contribution in [2.75, 3.05) is 26.5 Å². The first-order valence-corrected chi connectivity index (χ1v) is 13.1. The van der Waals surface area contributed by atoms with E-state index in [0.717, 1.165) is 10.6 Å². The van der Waals surface area contributed by atoms with Gasteiger partial charge in [0.2, 0.25) is 0 Å². The van der Waals surface area contributed by atoms with Crippen LogP contribution in [0.2, 0.25) is 0 Å². The van der Waals surface area contributed by atoms with E-state index in [4.69, 9.17) is 23.3 Å². The Morgan fingerprint density at radius 1 is 1.28 bits per heavy atom. The molecule has 2 N–H and O–H groups in total. The summed E-state index contributed by atoms with van der Waals surface area (Å²) in [6.07, 6.45) is -2.02. The molecular weight excluding hydrogens is 495 g/mol. The molecule has 5 atom stereocenters. The fourth-order valence-electron chi connectivity index (χ4n) is 4.38. The predicted molar refractivity (Wildman–Crippen MR) is 126 cm³/mol. The Hall–Kier alpha value is -2.76. The molecule has 0 radical (unpaired) electrons. The monoisotopic (exact) mass is 524 g/mol. The Labute approximate surface area is 206 Å². The van der Waals surface area contributed by atoms with Gasteiger partial charge in [-0.25, -0.2) is 9.36 Å². The molecule has 36 heavy (non-hydrogen) atoms. The number of ether oxygens (including phenoxy) is 3. The van der Waals surface area contributed by atoms with Crippen molar-refractivity contribution in [2.24, 2.45) is 5.41 Å². The van der Waals surface area contributed by atoms with Crippen LogP contribution in [0.1, 0.15) is 26.5 Å². The lowest BCUT2D eigenvalue weighted by molar-refractivity contribution is -0.227. The molecule has 0 saturated carbocycles. The fraction of sp³-hybridized carbons (Fsp3) is 0.522. The number of H-pyrrole nitrogens is 1. The molecule has 2 aliphatic heterocycles. The van der Waals surface area contributed by atoms with Gasteiger partial charge in [0.25, 0.3) is 5.56 Å². The lowest BCUT2D eigenvalue weighted by Crippen LogP contribution is -2.57. The molecule has 2 aliphatic rings. The number of carbonyl (C=O) groups is 1. The number of benzene rings is 1. The van der Waals surface area contributed by atoms with Gasteiger partial charge in [0.1, 0.15) is 23.6 Å². The van der Waals surface area contributed by atoms with Crippen molar-refractivity contribution in [3.8, 4) is 5.75 Å². The Balaban J connectivity index is 1.57. The summed E-state index contributed by atoms with van der Waals surface area (Å²) in [5, 5.41) is 11.1. The highest BCUT2D eigenvalue weighted by Crippen LogP contribution is 2.54. The molecule has 1 aromatic heterocycles. The van der Waals surface area contributed by atoms with Crippen molar-refractivity contribution in [3.63, 3.8) is 0 Å².